The first-order valence-electron chi connectivity index (χ1n) is 6.73. The zero-order valence-corrected chi connectivity index (χ0v) is 13.9. The molecule has 9 heteroatoms. The second kappa shape index (κ2) is 6.56. The first kappa shape index (κ1) is 16.0. The van der Waals surface area contributed by atoms with E-state index in [-0.39, 0.29) is 12.6 Å². The average molecular weight is 317 g/mol. The Hall–Kier alpha value is 0.580. The van der Waals surface area contributed by atoms with Gasteiger partial charge in [-0.05, 0) is 0 Å². The van der Waals surface area contributed by atoms with Crippen molar-refractivity contribution in [3.05, 3.63) is 0 Å². The molecule has 0 aliphatic carbocycles. The maximum absolute atomic E-state index is 5.64. The number of rotatable bonds is 8. The van der Waals surface area contributed by atoms with Gasteiger partial charge in [-0.1, -0.05) is 0 Å². The quantitative estimate of drug-likeness (QED) is 0.689. The Balaban J connectivity index is 1.75. The van der Waals surface area contributed by atoms with Crippen molar-refractivity contribution < 1.29 is 27.1 Å². The predicted octanol–water partition coefficient (Wildman–Crippen LogP) is 2.34. The Labute approximate surface area is 115 Å². The second-order valence-corrected chi connectivity index (χ2v) is 9.40. The molecule has 0 aromatic heterocycles. The van der Waals surface area contributed by atoms with Crippen LogP contribution in [0.15, 0.2) is 0 Å². The molecule has 2 aliphatic rings. The summed E-state index contributed by atoms with van der Waals surface area (Å²) in [4.78, 5) is 0. The van der Waals surface area contributed by atoms with E-state index in [9.17, 15) is 0 Å². The zero-order chi connectivity index (χ0) is 13.9. The van der Waals surface area contributed by atoms with Gasteiger partial charge in [-0.15, -0.1) is 0 Å². The first-order chi connectivity index (χ1) is 9.03. The molecule has 1 N–H and O–H groups in total. The third-order valence-corrected chi connectivity index (χ3v) is 8.38. The normalized spacial score (nSPS) is 34.9. The van der Waals surface area contributed by atoms with Gasteiger partial charge in [0.2, 0.25) is 0 Å². The van der Waals surface area contributed by atoms with Gasteiger partial charge in [-0.2, -0.15) is 0 Å². The minimum absolute atomic E-state index is 0.172. The van der Waals surface area contributed by atoms with Gasteiger partial charge in [-0.25, -0.2) is 0 Å². The number of nitrogens with one attached hydrogen (secondary N) is 1. The fourth-order valence-corrected chi connectivity index (χ4v) is 7.10. The van der Waals surface area contributed by atoms with Crippen molar-refractivity contribution in [2.75, 3.05) is 25.8 Å². The summed E-state index contributed by atoms with van der Waals surface area (Å²) in [6.07, 6.45) is 0.756. The van der Waals surface area contributed by atoms with Crippen molar-refractivity contribution in [2.24, 2.45) is 0 Å². The van der Waals surface area contributed by atoms with E-state index >= 15 is 0 Å². The van der Waals surface area contributed by atoms with Crippen molar-refractivity contribution in [3.8, 4) is 0 Å². The molecule has 19 heavy (non-hydrogen) atoms. The van der Waals surface area contributed by atoms with Gasteiger partial charge in [0.05, 0.1) is 0 Å². The van der Waals surface area contributed by atoms with Crippen molar-refractivity contribution in [1.82, 2.24) is 5.32 Å². The Bertz CT molecular complexity index is 257. The van der Waals surface area contributed by atoms with E-state index in [1.165, 1.54) is 0 Å². The summed E-state index contributed by atoms with van der Waals surface area (Å²) < 4.78 is 33.8. The van der Waals surface area contributed by atoms with Crippen LogP contribution in [0.2, 0.25) is 0 Å². The van der Waals surface area contributed by atoms with Crippen LogP contribution in [0.25, 0.3) is 0 Å². The molecular weight excluding hydrogens is 292 g/mol. The summed E-state index contributed by atoms with van der Waals surface area (Å²) in [7, 11) is -4.98. The zero-order valence-electron chi connectivity index (χ0n) is 11.9. The van der Waals surface area contributed by atoms with Gasteiger partial charge in [-0.3, -0.25) is 0 Å². The summed E-state index contributed by atoms with van der Waals surface area (Å²) in [5, 5.41) is 3.26. The Morgan fingerprint density at radius 1 is 0.842 bits per heavy atom. The minimum atomic E-state index is -2.49. The van der Waals surface area contributed by atoms with Gasteiger partial charge in [0.25, 0.3) is 0 Å². The fraction of sp³-hybridized carbons (Fsp3) is 1.00. The van der Waals surface area contributed by atoms with Gasteiger partial charge in [0, 0.05) is 0 Å². The number of hydrogen-bond acceptors (Lipinski definition) is 7. The monoisotopic (exact) mass is 317 g/mol. The van der Waals surface area contributed by atoms with E-state index in [0.717, 1.165) is 0 Å². The standard InChI is InChI=1S/C10H25NO6P2/c1-5-12-18(14-9(3)15-18)7-11-8-19(13-6-2)16-10(4)17-19/h9-11,18-19H,5-8H2,1-4H3. The first-order valence-corrected chi connectivity index (χ1v) is 10.6. The van der Waals surface area contributed by atoms with E-state index in [0.29, 0.717) is 25.8 Å². The van der Waals surface area contributed by atoms with Crippen LogP contribution in [0.4, 0.5) is 0 Å². The molecule has 0 radical (unpaired) electrons. The molecule has 0 amide bonds. The molecule has 0 saturated carbocycles. The van der Waals surface area contributed by atoms with Crippen molar-refractivity contribution in [1.29, 1.82) is 0 Å². The van der Waals surface area contributed by atoms with Crippen LogP contribution in [-0.2, 0) is 27.1 Å². The van der Waals surface area contributed by atoms with Gasteiger partial charge >= 0.3 is 114 Å². The Kier molecular flexibility index (Phi) is 5.51. The molecule has 0 aromatic rings. The summed E-state index contributed by atoms with van der Waals surface area (Å²) in [5.74, 6) is 0. The van der Waals surface area contributed by atoms with E-state index in [1.54, 1.807) is 0 Å². The van der Waals surface area contributed by atoms with Crippen molar-refractivity contribution in [3.63, 3.8) is 0 Å². The molecular formula is C10H25NO6P2. The van der Waals surface area contributed by atoms with Crippen molar-refractivity contribution >= 4 is 15.9 Å². The Morgan fingerprint density at radius 3 is 1.47 bits per heavy atom. The van der Waals surface area contributed by atoms with E-state index < -0.39 is 15.9 Å². The molecule has 0 unspecified atom stereocenters. The maximum atomic E-state index is 5.64. The molecule has 0 aromatic carbocycles. The van der Waals surface area contributed by atoms with Crippen LogP contribution < -0.4 is 5.32 Å². The van der Waals surface area contributed by atoms with Gasteiger partial charge in [0.1, 0.15) is 0 Å². The Morgan fingerprint density at radius 2 is 1.21 bits per heavy atom. The number of hydrogen-bond donors (Lipinski definition) is 1. The molecule has 0 atom stereocenters. The fourth-order valence-electron chi connectivity index (χ4n) is 2.24. The second-order valence-electron chi connectivity index (χ2n) is 4.44. The summed E-state index contributed by atoms with van der Waals surface area (Å²) in [6.45, 7) is 8.75. The van der Waals surface area contributed by atoms with Crippen LogP contribution in [0, 0.1) is 0 Å². The summed E-state index contributed by atoms with van der Waals surface area (Å²) in [6, 6.07) is 0. The van der Waals surface area contributed by atoms with Crippen LogP contribution in [0.5, 0.6) is 0 Å². The van der Waals surface area contributed by atoms with Crippen LogP contribution in [0.3, 0.4) is 0 Å². The van der Waals surface area contributed by atoms with Gasteiger partial charge in [0.15, 0.2) is 0 Å². The van der Waals surface area contributed by atoms with E-state index in [4.69, 9.17) is 27.1 Å². The van der Waals surface area contributed by atoms with E-state index in [2.05, 4.69) is 5.32 Å². The van der Waals surface area contributed by atoms with Crippen LogP contribution >= 0.6 is 15.9 Å². The molecule has 2 fully saturated rings. The van der Waals surface area contributed by atoms with Gasteiger partial charge < -0.3 is 0 Å². The topological polar surface area (TPSA) is 67.4 Å². The molecule has 116 valence electrons. The molecule has 2 aliphatic heterocycles. The summed E-state index contributed by atoms with van der Waals surface area (Å²) >= 11 is 0. The molecule has 0 bridgehead atoms. The van der Waals surface area contributed by atoms with Crippen LogP contribution in [-0.4, -0.2) is 38.4 Å². The molecule has 0 spiro atoms. The molecule has 2 rings (SSSR count). The molecule has 2 saturated heterocycles. The van der Waals surface area contributed by atoms with Crippen molar-refractivity contribution in [2.45, 2.75) is 40.3 Å². The SMILES string of the molecule is CCO[PH]1(CNC[PH]2(OCC)OC(C)O2)OC(C)O1. The predicted molar refractivity (Wildman–Crippen MR) is 76.0 cm³/mol. The third kappa shape index (κ3) is 3.82. The van der Waals surface area contributed by atoms with E-state index in [1.807, 2.05) is 27.7 Å². The van der Waals surface area contributed by atoms with Crippen LogP contribution in [0.1, 0.15) is 27.7 Å². The molecule has 2 heterocycles. The average Bonchev–Trinajstić information content (AvgIpc) is 2.26. The molecule has 7 nitrogen and oxygen atoms in total. The third-order valence-electron chi connectivity index (χ3n) is 2.79. The summed E-state index contributed by atoms with van der Waals surface area (Å²) in [5.41, 5.74) is 0.